The number of nitrogens with zero attached hydrogens (tertiary/aromatic N) is 2. The van der Waals surface area contributed by atoms with Crippen molar-refractivity contribution in [2.24, 2.45) is 0 Å². The van der Waals surface area contributed by atoms with Gasteiger partial charge in [0, 0.05) is 20.8 Å². The van der Waals surface area contributed by atoms with Crippen LogP contribution in [0.4, 0.5) is 5.82 Å². The standard InChI is InChI=1S/C12H19N3O4/c1-4-19-11(16)8-7-14-15-9(12(17-2)18-3)5-6-13-10(8)15/h7,9,12-13H,4-6H2,1-3H3. The molecule has 0 aliphatic carbocycles. The molecule has 1 aliphatic heterocycles. The normalized spacial score (nSPS) is 18.0. The van der Waals surface area contributed by atoms with Gasteiger partial charge in [-0.1, -0.05) is 0 Å². The van der Waals surface area contributed by atoms with Crippen molar-refractivity contribution in [3.8, 4) is 0 Å². The van der Waals surface area contributed by atoms with Crippen molar-refractivity contribution < 1.29 is 19.0 Å². The van der Waals surface area contributed by atoms with Crippen molar-refractivity contribution in [3.63, 3.8) is 0 Å². The van der Waals surface area contributed by atoms with Gasteiger partial charge in [-0.3, -0.25) is 0 Å². The first-order valence-electron chi connectivity index (χ1n) is 6.27. The first kappa shape index (κ1) is 13.8. The molecule has 1 atom stereocenters. The second kappa shape index (κ2) is 6.03. The fourth-order valence-corrected chi connectivity index (χ4v) is 2.27. The number of anilines is 1. The molecule has 19 heavy (non-hydrogen) atoms. The molecule has 7 heteroatoms. The number of carbonyl (C=O) groups excluding carboxylic acids is 1. The van der Waals surface area contributed by atoms with E-state index in [4.69, 9.17) is 14.2 Å². The summed E-state index contributed by atoms with van der Waals surface area (Å²) in [5.74, 6) is 0.289. The van der Waals surface area contributed by atoms with E-state index in [1.54, 1.807) is 25.8 Å². The maximum absolute atomic E-state index is 11.8. The van der Waals surface area contributed by atoms with E-state index in [-0.39, 0.29) is 12.0 Å². The number of hydrogen-bond acceptors (Lipinski definition) is 6. The Labute approximate surface area is 111 Å². The smallest absolute Gasteiger partial charge is 0.343 e. The molecule has 106 valence electrons. The van der Waals surface area contributed by atoms with E-state index in [2.05, 4.69) is 10.4 Å². The maximum atomic E-state index is 11.8. The van der Waals surface area contributed by atoms with E-state index < -0.39 is 6.29 Å². The zero-order valence-corrected chi connectivity index (χ0v) is 11.4. The van der Waals surface area contributed by atoms with Crippen molar-refractivity contribution in [1.82, 2.24) is 9.78 Å². The Kier molecular flexibility index (Phi) is 4.39. The molecule has 1 N–H and O–H groups in total. The number of fused-ring (bicyclic) bond motifs is 1. The highest BCUT2D eigenvalue weighted by molar-refractivity contribution is 5.94. The second-order valence-electron chi connectivity index (χ2n) is 4.19. The van der Waals surface area contributed by atoms with Gasteiger partial charge >= 0.3 is 5.97 Å². The van der Waals surface area contributed by atoms with Gasteiger partial charge in [0.15, 0.2) is 6.29 Å². The Hall–Kier alpha value is -1.60. The van der Waals surface area contributed by atoms with Crippen LogP contribution in [0.5, 0.6) is 0 Å². The summed E-state index contributed by atoms with van der Waals surface area (Å²) >= 11 is 0. The van der Waals surface area contributed by atoms with Gasteiger partial charge in [0.25, 0.3) is 0 Å². The molecule has 0 saturated heterocycles. The van der Waals surface area contributed by atoms with Gasteiger partial charge in [-0.15, -0.1) is 0 Å². The van der Waals surface area contributed by atoms with Crippen molar-refractivity contribution in [2.75, 3.05) is 32.7 Å². The minimum Gasteiger partial charge on any atom is -0.462 e. The van der Waals surface area contributed by atoms with E-state index >= 15 is 0 Å². The van der Waals surface area contributed by atoms with Crippen LogP contribution in [0.3, 0.4) is 0 Å². The third kappa shape index (κ3) is 2.57. The Morgan fingerprint density at radius 2 is 2.32 bits per heavy atom. The summed E-state index contributed by atoms with van der Waals surface area (Å²) in [4.78, 5) is 11.8. The zero-order chi connectivity index (χ0) is 13.8. The molecular weight excluding hydrogens is 250 g/mol. The lowest BCUT2D eigenvalue weighted by atomic mass is 10.1. The van der Waals surface area contributed by atoms with Gasteiger partial charge < -0.3 is 19.5 Å². The van der Waals surface area contributed by atoms with Crippen LogP contribution in [-0.4, -0.2) is 49.4 Å². The fraction of sp³-hybridized carbons (Fsp3) is 0.667. The van der Waals surface area contributed by atoms with Gasteiger partial charge in [-0.05, 0) is 13.3 Å². The molecule has 0 bridgehead atoms. The van der Waals surface area contributed by atoms with Gasteiger partial charge in [0.05, 0.1) is 12.8 Å². The Bertz CT molecular complexity index is 442. The molecule has 7 nitrogen and oxygen atoms in total. The molecule has 0 saturated carbocycles. The van der Waals surface area contributed by atoms with Crippen molar-refractivity contribution in [1.29, 1.82) is 0 Å². The van der Waals surface area contributed by atoms with Crippen molar-refractivity contribution >= 4 is 11.8 Å². The number of carbonyl (C=O) groups is 1. The molecule has 0 radical (unpaired) electrons. The average molecular weight is 269 g/mol. The largest absolute Gasteiger partial charge is 0.462 e. The molecule has 1 aromatic heterocycles. The van der Waals surface area contributed by atoms with Crippen LogP contribution in [0.15, 0.2) is 6.20 Å². The number of aromatic nitrogens is 2. The highest BCUT2D eigenvalue weighted by Crippen LogP contribution is 2.30. The zero-order valence-electron chi connectivity index (χ0n) is 11.4. The number of hydrogen-bond donors (Lipinski definition) is 1. The molecule has 1 aliphatic rings. The lowest BCUT2D eigenvalue weighted by Crippen LogP contribution is -2.34. The Balaban J connectivity index is 2.29. The van der Waals surface area contributed by atoms with Crippen LogP contribution in [0.1, 0.15) is 29.7 Å². The molecule has 2 rings (SSSR count). The van der Waals surface area contributed by atoms with Gasteiger partial charge in [0.2, 0.25) is 0 Å². The van der Waals surface area contributed by atoms with Crippen LogP contribution < -0.4 is 5.32 Å². The molecule has 1 unspecified atom stereocenters. The molecular formula is C12H19N3O4. The summed E-state index contributed by atoms with van der Waals surface area (Å²) in [6.45, 7) is 2.84. The van der Waals surface area contributed by atoms with E-state index in [1.807, 2.05) is 0 Å². The molecule has 0 amide bonds. The van der Waals surface area contributed by atoms with Gasteiger partial charge in [0.1, 0.15) is 17.4 Å². The first-order valence-corrected chi connectivity index (χ1v) is 6.27. The van der Waals surface area contributed by atoms with Crippen LogP contribution in [-0.2, 0) is 14.2 Å². The van der Waals surface area contributed by atoms with Crippen molar-refractivity contribution in [3.05, 3.63) is 11.8 Å². The number of ether oxygens (including phenoxy) is 3. The number of rotatable bonds is 5. The van der Waals surface area contributed by atoms with E-state index in [0.717, 1.165) is 13.0 Å². The lowest BCUT2D eigenvalue weighted by Gasteiger charge is -2.30. The third-order valence-electron chi connectivity index (χ3n) is 3.12. The predicted octanol–water partition coefficient (Wildman–Crippen LogP) is 1.04. The molecule has 1 aromatic rings. The minimum atomic E-state index is -0.393. The average Bonchev–Trinajstić information content (AvgIpc) is 2.85. The highest BCUT2D eigenvalue weighted by Gasteiger charge is 2.31. The second-order valence-corrected chi connectivity index (χ2v) is 4.19. The monoisotopic (exact) mass is 269 g/mol. The molecule has 2 heterocycles. The Morgan fingerprint density at radius 1 is 1.58 bits per heavy atom. The van der Waals surface area contributed by atoms with E-state index in [1.165, 1.54) is 6.20 Å². The SMILES string of the molecule is CCOC(=O)c1cnn2c1NCCC2C(OC)OC. The summed E-state index contributed by atoms with van der Waals surface area (Å²) in [6.07, 6.45) is 1.93. The third-order valence-corrected chi connectivity index (χ3v) is 3.12. The van der Waals surface area contributed by atoms with Crippen LogP contribution in [0, 0.1) is 0 Å². The van der Waals surface area contributed by atoms with Crippen molar-refractivity contribution in [2.45, 2.75) is 25.7 Å². The van der Waals surface area contributed by atoms with Crippen LogP contribution >= 0.6 is 0 Å². The van der Waals surface area contributed by atoms with Gasteiger partial charge in [-0.2, -0.15) is 5.10 Å². The molecule has 0 aromatic carbocycles. The van der Waals surface area contributed by atoms with E-state index in [9.17, 15) is 4.79 Å². The first-order chi connectivity index (χ1) is 9.22. The van der Waals surface area contributed by atoms with Crippen LogP contribution in [0.25, 0.3) is 0 Å². The molecule has 0 spiro atoms. The lowest BCUT2D eigenvalue weighted by molar-refractivity contribution is -0.135. The number of nitrogens with one attached hydrogen (secondary N) is 1. The minimum absolute atomic E-state index is 0.0607. The Morgan fingerprint density at radius 3 is 2.95 bits per heavy atom. The number of methoxy groups -OCH3 is 2. The summed E-state index contributed by atoms with van der Waals surface area (Å²) < 4.78 is 17.3. The topological polar surface area (TPSA) is 74.6 Å². The summed E-state index contributed by atoms with van der Waals surface area (Å²) in [5.41, 5.74) is 0.442. The fourth-order valence-electron chi connectivity index (χ4n) is 2.27. The predicted molar refractivity (Wildman–Crippen MR) is 68.1 cm³/mol. The van der Waals surface area contributed by atoms with Crippen LogP contribution in [0.2, 0.25) is 0 Å². The number of esters is 1. The summed E-state index contributed by atoms with van der Waals surface area (Å²) in [6, 6.07) is -0.0607. The quantitative estimate of drug-likeness (QED) is 0.636. The maximum Gasteiger partial charge on any atom is 0.343 e. The molecule has 0 fully saturated rings. The highest BCUT2D eigenvalue weighted by atomic mass is 16.7. The van der Waals surface area contributed by atoms with E-state index in [0.29, 0.717) is 18.0 Å². The van der Waals surface area contributed by atoms with Gasteiger partial charge in [-0.25, -0.2) is 9.48 Å². The summed E-state index contributed by atoms with van der Waals surface area (Å²) in [7, 11) is 3.18. The summed E-state index contributed by atoms with van der Waals surface area (Å²) in [5, 5.41) is 7.42.